The van der Waals surface area contributed by atoms with E-state index in [1.165, 1.54) is 29.9 Å². The number of para-hydroxylation sites is 1. The van der Waals surface area contributed by atoms with Crippen LogP contribution in [0.15, 0.2) is 48.8 Å². The third-order valence-corrected chi connectivity index (χ3v) is 10.2. The molecule has 2 saturated heterocycles. The monoisotopic (exact) mass is 741 g/mol. The van der Waals surface area contributed by atoms with Crippen molar-refractivity contribution in [3.8, 4) is 11.8 Å². The summed E-state index contributed by atoms with van der Waals surface area (Å²) >= 11 is 0. The zero-order valence-corrected chi connectivity index (χ0v) is 30.7. The molecule has 2 fully saturated rings. The average molecular weight is 742 g/mol. The molecule has 2 aliphatic heterocycles. The second-order valence-electron chi connectivity index (χ2n) is 13.4. The van der Waals surface area contributed by atoms with E-state index in [0.29, 0.717) is 18.5 Å². The maximum Gasteiger partial charge on any atom is 0.459 e. The van der Waals surface area contributed by atoms with Gasteiger partial charge < -0.3 is 34.1 Å². The van der Waals surface area contributed by atoms with Gasteiger partial charge in [0.1, 0.15) is 48.5 Å². The van der Waals surface area contributed by atoms with Crippen molar-refractivity contribution in [2.45, 2.75) is 77.1 Å². The molecular formula is C34H44N7O10P. The number of hydrogen-bond donors (Lipinski definition) is 2. The second kappa shape index (κ2) is 16.0. The van der Waals surface area contributed by atoms with E-state index in [2.05, 4.69) is 15.2 Å². The highest BCUT2D eigenvalue weighted by molar-refractivity contribution is 7.52. The minimum absolute atomic E-state index is 0.121. The Morgan fingerprint density at radius 2 is 1.75 bits per heavy atom. The standard InChI is InChI=1S/C34H44N7O10P/c1-20(2)31(42)48-28-27(25-12-13-26-30(36)37-19-38-41(25)26)50-34(17-35,29(28)49-32(43)21(3)4)18-46-52(45,51-23-10-8-7-9-11-23)39-22(5)33(44)47-24-14-15-40(6)16-24/h7-13,19-22,24,27-29H,14-16,18H2,1-6H3,(H,39,45)(H2,36,37,38)/t22?,24-,27-,28-,29-,34+,52?/m0/s1. The van der Waals surface area contributed by atoms with Crippen molar-refractivity contribution in [3.05, 3.63) is 54.5 Å². The van der Waals surface area contributed by atoms with Crippen molar-refractivity contribution in [1.82, 2.24) is 24.6 Å². The number of hydrogen-bond acceptors (Lipinski definition) is 15. The van der Waals surface area contributed by atoms with Crippen molar-refractivity contribution < 1.29 is 46.9 Å². The Bertz CT molecular complexity index is 1850. The lowest BCUT2D eigenvalue weighted by Gasteiger charge is -2.31. The number of nitrogens with one attached hydrogen (secondary N) is 1. The smallest absolute Gasteiger partial charge is 0.459 e. The Labute approximate surface area is 301 Å². The molecule has 0 amide bonds. The van der Waals surface area contributed by atoms with Gasteiger partial charge in [0.05, 0.1) is 17.5 Å². The van der Waals surface area contributed by atoms with Gasteiger partial charge in [-0.3, -0.25) is 18.9 Å². The molecule has 0 bridgehead atoms. The van der Waals surface area contributed by atoms with Crippen LogP contribution in [-0.2, 0) is 42.4 Å². The van der Waals surface area contributed by atoms with E-state index in [9.17, 15) is 24.2 Å². The first-order chi connectivity index (χ1) is 24.6. The summed E-state index contributed by atoms with van der Waals surface area (Å²) < 4.78 is 51.5. The van der Waals surface area contributed by atoms with Gasteiger partial charge in [0.15, 0.2) is 18.0 Å². The lowest BCUT2D eigenvalue weighted by atomic mass is 9.95. The molecule has 2 aliphatic rings. The van der Waals surface area contributed by atoms with E-state index in [0.717, 1.165) is 6.54 Å². The summed E-state index contributed by atoms with van der Waals surface area (Å²) in [5.74, 6) is -3.12. The number of likely N-dealkylation sites (tertiary alicyclic amines) is 1. The fourth-order valence-electron chi connectivity index (χ4n) is 5.70. The SMILES string of the molecule is CC(C)C(=O)O[C@H]1[C@H](c2ccc3c(N)ncnn23)O[C@](C#N)(COP(=O)(NC(C)C(=O)O[C@H]2CCN(C)C2)Oc2ccccc2)[C@H]1OC(=O)C(C)C. The maximum atomic E-state index is 14.5. The molecule has 0 spiro atoms. The number of rotatable bonds is 14. The number of nitriles is 1. The summed E-state index contributed by atoms with van der Waals surface area (Å²) in [7, 11) is -2.66. The minimum atomic E-state index is -4.57. The first-order valence-electron chi connectivity index (χ1n) is 16.9. The number of fused-ring (bicyclic) bond motifs is 1. The fraction of sp³-hybridized carbons (Fsp3) is 0.529. The molecule has 0 saturated carbocycles. The lowest BCUT2D eigenvalue weighted by Crippen LogP contribution is -2.50. The van der Waals surface area contributed by atoms with Gasteiger partial charge in [-0.25, -0.2) is 14.1 Å². The van der Waals surface area contributed by atoms with E-state index < -0.39 is 74.1 Å². The number of nitrogens with two attached hydrogens (primary N) is 1. The van der Waals surface area contributed by atoms with Gasteiger partial charge in [0.2, 0.25) is 5.60 Å². The molecule has 0 radical (unpaired) electrons. The van der Waals surface area contributed by atoms with Crippen molar-refractivity contribution in [2.75, 3.05) is 32.5 Å². The predicted octanol–water partition coefficient (Wildman–Crippen LogP) is 3.21. The summed E-state index contributed by atoms with van der Waals surface area (Å²) in [5, 5.41) is 17.7. The number of aromatic nitrogens is 3. The van der Waals surface area contributed by atoms with Crippen molar-refractivity contribution >= 4 is 37.0 Å². The van der Waals surface area contributed by atoms with Crippen LogP contribution in [0.3, 0.4) is 0 Å². The largest absolute Gasteiger partial charge is 0.460 e. The third-order valence-electron chi connectivity index (χ3n) is 8.58. The topological polar surface area (TPSA) is 219 Å². The molecule has 17 nitrogen and oxygen atoms in total. The van der Waals surface area contributed by atoms with Crippen LogP contribution in [0.2, 0.25) is 0 Å². The van der Waals surface area contributed by atoms with E-state index >= 15 is 0 Å². The van der Waals surface area contributed by atoms with Crippen molar-refractivity contribution in [1.29, 1.82) is 5.26 Å². The predicted molar refractivity (Wildman–Crippen MR) is 184 cm³/mol. The highest BCUT2D eigenvalue weighted by atomic mass is 31.2. The number of ether oxygens (including phenoxy) is 4. The fourth-order valence-corrected chi connectivity index (χ4v) is 7.22. The van der Waals surface area contributed by atoms with Gasteiger partial charge in [-0.15, -0.1) is 0 Å². The summed E-state index contributed by atoms with van der Waals surface area (Å²) in [6, 6.07) is 12.1. The summed E-state index contributed by atoms with van der Waals surface area (Å²) in [5.41, 5.74) is 4.50. The normalized spacial score (nSPS) is 25.1. The average Bonchev–Trinajstić information content (AvgIpc) is 3.80. The second-order valence-corrected chi connectivity index (χ2v) is 15.1. The maximum absolute atomic E-state index is 14.5. The summed E-state index contributed by atoms with van der Waals surface area (Å²) in [4.78, 5) is 45.5. The Morgan fingerprint density at radius 1 is 1.06 bits per heavy atom. The lowest BCUT2D eigenvalue weighted by molar-refractivity contribution is -0.173. The van der Waals surface area contributed by atoms with Gasteiger partial charge in [-0.2, -0.15) is 15.4 Å². The zero-order valence-electron chi connectivity index (χ0n) is 29.8. The van der Waals surface area contributed by atoms with Gasteiger partial charge >= 0.3 is 25.7 Å². The third kappa shape index (κ3) is 8.54. The van der Waals surface area contributed by atoms with Crippen molar-refractivity contribution in [2.24, 2.45) is 11.8 Å². The molecule has 2 unspecified atom stereocenters. The molecule has 3 aromatic rings. The number of nitrogen functional groups attached to an aromatic ring is 1. The molecule has 5 rings (SSSR count). The van der Waals surface area contributed by atoms with Crippen LogP contribution < -0.4 is 15.3 Å². The molecule has 7 atom stereocenters. The number of esters is 3. The quantitative estimate of drug-likeness (QED) is 0.138. The molecule has 3 N–H and O–H groups in total. The van der Waals surface area contributed by atoms with Gasteiger partial charge in [0, 0.05) is 13.1 Å². The highest BCUT2D eigenvalue weighted by Gasteiger charge is 2.62. The Hall–Kier alpha value is -4.59. The van der Waals surface area contributed by atoms with Crippen LogP contribution in [0, 0.1) is 23.2 Å². The van der Waals surface area contributed by atoms with Crippen molar-refractivity contribution in [3.63, 3.8) is 0 Å². The molecule has 2 aromatic heterocycles. The van der Waals surface area contributed by atoms with Crippen LogP contribution in [0.4, 0.5) is 5.82 Å². The molecular weight excluding hydrogens is 697 g/mol. The molecule has 1 aromatic carbocycles. The van der Waals surface area contributed by atoms with Crippen LogP contribution in [0.25, 0.3) is 5.52 Å². The number of nitrogens with zero attached hydrogens (tertiary/aromatic N) is 5. The van der Waals surface area contributed by atoms with E-state index in [1.54, 1.807) is 58.0 Å². The van der Waals surface area contributed by atoms with Gasteiger partial charge in [-0.05, 0) is 44.7 Å². The van der Waals surface area contributed by atoms with Crippen LogP contribution in [0.1, 0.15) is 52.8 Å². The number of anilines is 1. The number of benzene rings is 1. The first kappa shape index (κ1) is 38.6. The number of likely N-dealkylation sites (N-methyl/N-ethyl adjacent to an activating group) is 1. The van der Waals surface area contributed by atoms with E-state index in [1.807, 2.05) is 18.0 Å². The molecule has 4 heterocycles. The highest BCUT2D eigenvalue weighted by Crippen LogP contribution is 2.50. The zero-order chi connectivity index (χ0) is 37.8. The summed E-state index contributed by atoms with van der Waals surface area (Å²) in [6.45, 7) is 8.30. The van der Waals surface area contributed by atoms with Crippen LogP contribution in [0.5, 0.6) is 5.75 Å². The Morgan fingerprint density at radius 3 is 2.38 bits per heavy atom. The summed E-state index contributed by atoms with van der Waals surface area (Å²) in [6.07, 6.45) is -2.81. The van der Waals surface area contributed by atoms with E-state index in [4.69, 9.17) is 33.7 Å². The molecule has 0 aliphatic carbocycles. The Kier molecular flexibility index (Phi) is 11.9. The van der Waals surface area contributed by atoms with Crippen LogP contribution in [-0.4, -0.2) is 94.1 Å². The molecule has 52 heavy (non-hydrogen) atoms. The van der Waals surface area contributed by atoms with E-state index in [-0.39, 0.29) is 23.4 Å². The molecule has 280 valence electrons. The van der Waals surface area contributed by atoms with Gasteiger partial charge in [-0.1, -0.05) is 45.9 Å². The number of carbonyl (C=O) groups excluding carboxylic acids is 3. The molecule has 18 heteroatoms. The van der Waals surface area contributed by atoms with Crippen LogP contribution >= 0.6 is 7.75 Å². The minimum Gasteiger partial charge on any atom is -0.460 e. The van der Waals surface area contributed by atoms with Gasteiger partial charge in [0.25, 0.3) is 0 Å². The number of carbonyl (C=O) groups is 3. The Balaban J connectivity index is 1.52. The first-order valence-corrected chi connectivity index (χ1v) is 18.4.